The Balaban J connectivity index is 2.22. The quantitative estimate of drug-likeness (QED) is 0.423. The zero-order chi connectivity index (χ0) is 26.9. The Hall–Kier alpha value is -2.87. The summed E-state index contributed by atoms with van der Waals surface area (Å²) in [5.41, 5.74) is 3.65. The van der Waals surface area contributed by atoms with Crippen molar-refractivity contribution >= 4 is 27.5 Å². The summed E-state index contributed by atoms with van der Waals surface area (Å²) < 4.78 is 26.2. The summed E-state index contributed by atoms with van der Waals surface area (Å²) in [5, 5.41) is 3.01. The Kier molecular flexibility index (Phi) is 11.0. The van der Waals surface area contributed by atoms with E-state index in [1.165, 1.54) is 10.6 Å². The molecule has 0 aliphatic rings. The van der Waals surface area contributed by atoms with Gasteiger partial charge in [-0.15, -0.1) is 0 Å². The minimum atomic E-state index is -3.51. The minimum Gasteiger partial charge on any atom is -0.352 e. The van der Waals surface area contributed by atoms with Gasteiger partial charge in [0.05, 0.1) is 11.9 Å². The van der Waals surface area contributed by atoms with Gasteiger partial charge in [-0.25, -0.2) is 8.42 Å². The van der Waals surface area contributed by atoms with Gasteiger partial charge >= 0.3 is 0 Å². The van der Waals surface area contributed by atoms with Crippen molar-refractivity contribution in [2.75, 3.05) is 17.1 Å². The van der Waals surface area contributed by atoms with Crippen LogP contribution in [0.25, 0.3) is 0 Å². The minimum absolute atomic E-state index is 0.0142. The average molecular weight is 516 g/mol. The number of benzene rings is 2. The summed E-state index contributed by atoms with van der Waals surface area (Å²) in [5.74, 6) is -0.328. The highest BCUT2D eigenvalue weighted by Gasteiger charge is 2.29. The summed E-state index contributed by atoms with van der Waals surface area (Å²) in [6.07, 6.45) is 2.93. The Morgan fingerprint density at radius 1 is 0.972 bits per heavy atom. The maximum Gasteiger partial charge on any atom is 0.243 e. The van der Waals surface area contributed by atoms with E-state index in [2.05, 4.69) is 5.32 Å². The van der Waals surface area contributed by atoms with Crippen molar-refractivity contribution in [1.29, 1.82) is 0 Å². The van der Waals surface area contributed by atoms with Crippen molar-refractivity contribution in [3.8, 4) is 0 Å². The molecule has 2 aromatic carbocycles. The number of hydrogen-bond acceptors (Lipinski definition) is 4. The van der Waals surface area contributed by atoms with E-state index in [-0.39, 0.29) is 30.8 Å². The van der Waals surface area contributed by atoms with Gasteiger partial charge in [0.2, 0.25) is 21.8 Å². The number of carbonyl (C=O) groups is 2. The van der Waals surface area contributed by atoms with Gasteiger partial charge < -0.3 is 10.2 Å². The van der Waals surface area contributed by atoms with Crippen LogP contribution in [0.5, 0.6) is 0 Å². The number of hydrogen-bond donors (Lipinski definition) is 1. The van der Waals surface area contributed by atoms with Gasteiger partial charge in [-0.05, 0) is 57.7 Å². The number of anilines is 1. The molecule has 0 fully saturated rings. The summed E-state index contributed by atoms with van der Waals surface area (Å²) in [4.78, 5) is 28.2. The molecule has 2 atom stereocenters. The molecule has 0 heterocycles. The third kappa shape index (κ3) is 8.66. The maximum atomic E-state index is 13.5. The van der Waals surface area contributed by atoms with E-state index in [4.69, 9.17) is 0 Å². The Labute approximate surface area is 216 Å². The van der Waals surface area contributed by atoms with Crippen LogP contribution >= 0.6 is 0 Å². The molecule has 0 bridgehead atoms. The van der Waals surface area contributed by atoms with Crippen molar-refractivity contribution in [3.05, 3.63) is 65.2 Å². The molecule has 0 saturated carbocycles. The van der Waals surface area contributed by atoms with Crippen LogP contribution in [0.15, 0.2) is 48.5 Å². The number of nitrogens with one attached hydrogen (secondary N) is 1. The first-order valence-corrected chi connectivity index (χ1v) is 14.5. The number of rotatable bonds is 13. The molecule has 0 saturated heterocycles. The second-order valence-corrected chi connectivity index (χ2v) is 11.4. The van der Waals surface area contributed by atoms with Crippen molar-refractivity contribution in [1.82, 2.24) is 10.2 Å². The van der Waals surface area contributed by atoms with Crippen LogP contribution in [0, 0.1) is 13.8 Å². The summed E-state index contributed by atoms with van der Waals surface area (Å²) in [6, 6.07) is 14.6. The molecule has 7 nitrogen and oxygen atoms in total. The molecule has 1 N–H and O–H groups in total. The van der Waals surface area contributed by atoms with E-state index in [1.807, 2.05) is 71.0 Å². The van der Waals surface area contributed by atoms with E-state index < -0.39 is 16.1 Å². The zero-order valence-electron chi connectivity index (χ0n) is 22.5. The van der Waals surface area contributed by atoms with Crippen LogP contribution in [0.3, 0.4) is 0 Å². The van der Waals surface area contributed by atoms with Gasteiger partial charge in [0.1, 0.15) is 6.04 Å². The molecular weight excluding hydrogens is 474 g/mol. The SMILES string of the molecule is CC[C@H](C(=O)N[C@@H](C)CC)N(Cc1cccc(C)c1)C(=O)CCCN(c1ccc(C)cc1)S(C)(=O)=O. The van der Waals surface area contributed by atoms with E-state index in [0.717, 1.165) is 23.1 Å². The van der Waals surface area contributed by atoms with Crippen LogP contribution in [0.2, 0.25) is 0 Å². The largest absolute Gasteiger partial charge is 0.352 e. The highest BCUT2D eigenvalue weighted by molar-refractivity contribution is 7.92. The summed E-state index contributed by atoms with van der Waals surface area (Å²) in [7, 11) is -3.51. The summed E-state index contributed by atoms with van der Waals surface area (Å²) in [6.45, 7) is 10.3. The molecule has 2 amide bonds. The van der Waals surface area contributed by atoms with Crippen molar-refractivity contribution in [2.45, 2.75) is 78.9 Å². The molecule has 0 aromatic heterocycles. The van der Waals surface area contributed by atoms with E-state index in [1.54, 1.807) is 17.0 Å². The lowest BCUT2D eigenvalue weighted by molar-refractivity contribution is -0.141. The van der Waals surface area contributed by atoms with Gasteiger partial charge in [-0.2, -0.15) is 0 Å². The lowest BCUT2D eigenvalue weighted by Crippen LogP contribution is -2.50. The number of nitrogens with zero attached hydrogens (tertiary/aromatic N) is 2. The zero-order valence-corrected chi connectivity index (χ0v) is 23.3. The van der Waals surface area contributed by atoms with E-state index >= 15 is 0 Å². The van der Waals surface area contributed by atoms with Crippen LogP contribution in [0.1, 0.15) is 63.1 Å². The number of carbonyl (C=O) groups excluding carboxylic acids is 2. The van der Waals surface area contributed by atoms with Crippen molar-refractivity contribution < 1.29 is 18.0 Å². The number of aryl methyl sites for hydroxylation is 2. The Bertz CT molecular complexity index is 1120. The molecule has 0 unspecified atom stereocenters. The standard InChI is InChI=1S/C28H41N3O4S/c1-7-23(5)29-28(33)26(8-2)30(20-24-12-9-11-22(4)19-24)27(32)13-10-18-31(36(6,34)35)25-16-14-21(3)15-17-25/h9,11-12,14-17,19,23,26H,7-8,10,13,18,20H2,1-6H3,(H,29,33)/t23-,26+/m0/s1. The molecule has 8 heteroatoms. The molecule has 2 rings (SSSR count). The van der Waals surface area contributed by atoms with E-state index in [0.29, 0.717) is 25.1 Å². The third-order valence-corrected chi connectivity index (χ3v) is 7.49. The number of amides is 2. The lowest BCUT2D eigenvalue weighted by Gasteiger charge is -2.32. The lowest BCUT2D eigenvalue weighted by atomic mass is 10.1. The van der Waals surface area contributed by atoms with E-state index in [9.17, 15) is 18.0 Å². The fraction of sp³-hybridized carbons (Fsp3) is 0.500. The predicted molar refractivity (Wildman–Crippen MR) is 146 cm³/mol. The molecule has 0 aliphatic heterocycles. The molecule has 198 valence electrons. The predicted octanol–water partition coefficient (Wildman–Crippen LogP) is 4.57. The normalized spacial score (nSPS) is 13.1. The maximum absolute atomic E-state index is 13.5. The second-order valence-electron chi connectivity index (χ2n) is 9.53. The third-order valence-electron chi connectivity index (χ3n) is 6.30. The smallest absolute Gasteiger partial charge is 0.243 e. The topological polar surface area (TPSA) is 86.8 Å². The highest BCUT2D eigenvalue weighted by atomic mass is 32.2. The fourth-order valence-electron chi connectivity index (χ4n) is 4.08. The first kappa shape index (κ1) is 29.4. The van der Waals surface area contributed by atoms with Crippen molar-refractivity contribution in [2.24, 2.45) is 0 Å². The van der Waals surface area contributed by atoms with Crippen LogP contribution in [-0.2, 0) is 26.2 Å². The van der Waals surface area contributed by atoms with Crippen LogP contribution < -0.4 is 9.62 Å². The molecule has 36 heavy (non-hydrogen) atoms. The second kappa shape index (κ2) is 13.4. The van der Waals surface area contributed by atoms with Crippen LogP contribution in [-0.4, -0.2) is 50.0 Å². The molecular formula is C28H41N3O4S. The summed E-state index contributed by atoms with van der Waals surface area (Å²) >= 11 is 0. The fourth-order valence-corrected chi connectivity index (χ4v) is 5.05. The Morgan fingerprint density at radius 2 is 1.64 bits per heavy atom. The molecule has 0 radical (unpaired) electrons. The first-order valence-electron chi connectivity index (χ1n) is 12.7. The molecule has 0 aliphatic carbocycles. The van der Waals surface area contributed by atoms with Gasteiger partial charge in [-0.3, -0.25) is 13.9 Å². The van der Waals surface area contributed by atoms with Crippen molar-refractivity contribution in [3.63, 3.8) is 0 Å². The number of sulfonamides is 1. The van der Waals surface area contributed by atoms with Gasteiger partial charge in [0, 0.05) is 25.6 Å². The van der Waals surface area contributed by atoms with Crippen LogP contribution in [0.4, 0.5) is 5.69 Å². The van der Waals surface area contributed by atoms with Gasteiger partial charge in [0.15, 0.2) is 0 Å². The highest BCUT2D eigenvalue weighted by Crippen LogP contribution is 2.20. The molecule has 0 spiro atoms. The Morgan fingerprint density at radius 3 is 2.19 bits per heavy atom. The van der Waals surface area contributed by atoms with Gasteiger partial charge in [0.25, 0.3) is 0 Å². The molecule has 2 aromatic rings. The first-order chi connectivity index (χ1) is 17.0. The average Bonchev–Trinajstić information content (AvgIpc) is 2.81. The van der Waals surface area contributed by atoms with Gasteiger partial charge in [-0.1, -0.05) is 61.4 Å². The monoisotopic (exact) mass is 515 g/mol.